The molecule has 2 aromatic rings. The number of benzene rings is 2. The molecule has 0 aromatic heterocycles. The number of rotatable bonds is 6. The number of anilines is 1. The number of nitrogens with one attached hydrogen (secondary N) is 3. The van der Waals surface area contributed by atoms with Gasteiger partial charge in [-0.3, -0.25) is 25.2 Å². The van der Waals surface area contributed by atoms with Crippen LogP contribution in [0.1, 0.15) is 41.8 Å². The maximum Gasteiger partial charge on any atom is 0.261 e. The molecule has 1 unspecified atom stereocenters. The number of nitrogens with zero attached hydrogens (tertiary/aromatic N) is 1. The zero-order valence-electron chi connectivity index (χ0n) is 18.3. The van der Waals surface area contributed by atoms with E-state index in [4.69, 9.17) is 0 Å². The Labute approximate surface area is 183 Å². The van der Waals surface area contributed by atoms with Crippen molar-refractivity contribution in [2.24, 2.45) is 5.92 Å². The molecule has 0 saturated heterocycles. The van der Waals surface area contributed by atoms with Crippen molar-refractivity contribution in [3.05, 3.63) is 65.2 Å². The molecule has 0 fully saturated rings. The summed E-state index contributed by atoms with van der Waals surface area (Å²) in [5, 5.41) is 2.76. The predicted octanol–water partition coefficient (Wildman–Crippen LogP) is 2.35. The summed E-state index contributed by atoms with van der Waals surface area (Å²) in [6.07, 6.45) is 1.99. The Morgan fingerprint density at radius 2 is 1.71 bits per heavy atom. The van der Waals surface area contributed by atoms with Crippen molar-refractivity contribution in [2.75, 3.05) is 18.0 Å². The summed E-state index contributed by atoms with van der Waals surface area (Å²) in [5.41, 5.74) is 8.76. The Balaban J connectivity index is 1.54. The summed E-state index contributed by atoms with van der Waals surface area (Å²) in [6.45, 7) is 6.56. The van der Waals surface area contributed by atoms with Crippen molar-refractivity contribution < 1.29 is 14.4 Å². The fourth-order valence-corrected chi connectivity index (χ4v) is 3.66. The number of amides is 3. The highest BCUT2D eigenvalue weighted by molar-refractivity contribution is 5.98. The number of fused-ring (bicyclic) bond motifs is 1. The zero-order valence-corrected chi connectivity index (χ0v) is 18.3. The van der Waals surface area contributed by atoms with E-state index < -0.39 is 11.9 Å². The molecule has 3 N–H and O–H groups in total. The summed E-state index contributed by atoms with van der Waals surface area (Å²) < 4.78 is 0. The lowest BCUT2D eigenvalue weighted by molar-refractivity contribution is -0.130. The van der Waals surface area contributed by atoms with E-state index in [1.807, 2.05) is 56.0 Å². The molecular weight excluding hydrogens is 392 g/mol. The van der Waals surface area contributed by atoms with Crippen LogP contribution in [0.5, 0.6) is 0 Å². The van der Waals surface area contributed by atoms with Crippen LogP contribution in [0.3, 0.4) is 0 Å². The Morgan fingerprint density at radius 3 is 2.42 bits per heavy atom. The van der Waals surface area contributed by atoms with E-state index in [9.17, 15) is 14.4 Å². The number of hydrogen-bond acceptors (Lipinski definition) is 4. The smallest absolute Gasteiger partial charge is 0.261 e. The first-order chi connectivity index (χ1) is 14.8. The van der Waals surface area contributed by atoms with Crippen LogP contribution in [-0.2, 0) is 16.0 Å². The van der Waals surface area contributed by atoms with Gasteiger partial charge in [-0.2, -0.15) is 0 Å². The van der Waals surface area contributed by atoms with E-state index in [1.54, 1.807) is 12.1 Å². The van der Waals surface area contributed by atoms with Crippen LogP contribution in [0.2, 0.25) is 0 Å². The quantitative estimate of drug-likeness (QED) is 0.624. The minimum Gasteiger partial charge on any atom is -0.362 e. The third-order valence-electron chi connectivity index (χ3n) is 5.42. The van der Waals surface area contributed by atoms with Gasteiger partial charge in [-0.1, -0.05) is 49.7 Å². The van der Waals surface area contributed by atoms with Crippen LogP contribution < -0.4 is 21.1 Å². The summed E-state index contributed by atoms with van der Waals surface area (Å²) in [4.78, 5) is 39.6. The average Bonchev–Trinajstić information content (AvgIpc) is 2.76. The summed E-state index contributed by atoms with van der Waals surface area (Å²) in [5.74, 6) is -1.24. The fourth-order valence-electron chi connectivity index (χ4n) is 3.66. The Kier molecular flexibility index (Phi) is 7.28. The van der Waals surface area contributed by atoms with Crippen molar-refractivity contribution in [1.29, 1.82) is 0 Å². The second-order valence-electron chi connectivity index (χ2n) is 8.25. The van der Waals surface area contributed by atoms with Gasteiger partial charge in [-0.15, -0.1) is 0 Å². The highest BCUT2D eigenvalue weighted by Gasteiger charge is 2.25. The van der Waals surface area contributed by atoms with Crippen LogP contribution in [0.4, 0.5) is 5.69 Å². The number of hydrazine groups is 1. The van der Waals surface area contributed by atoms with Crippen LogP contribution in [0.15, 0.2) is 48.5 Å². The van der Waals surface area contributed by atoms with Crippen molar-refractivity contribution in [3.8, 4) is 0 Å². The summed E-state index contributed by atoms with van der Waals surface area (Å²) in [6, 6.07) is 14.4. The zero-order chi connectivity index (χ0) is 22.4. The van der Waals surface area contributed by atoms with Gasteiger partial charge in [-0.05, 0) is 49.4 Å². The van der Waals surface area contributed by atoms with E-state index in [0.717, 1.165) is 30.6 Å². The largest absolute Gasteiger partial charge is 0.362 e. The van der Waals surface area contributed by atoms with Gasteiger partial charge in [0.25, 0.3) is 17.7 Å². The molecule has 0 radical (unpaired) electrons. The Hall–Kier alpha value is -3.35. The SMILES string of the molecule is Cc1ccc(C(=O)NC(C(=O)NNC(=O)CN2CCCc3ccccc32)C(C)C)cc1. The van der Waals surface area contributed by atoms with Gasteiger partial charge in [0, 0.05) is 17.8 Å². The third-order valence-corrected chi connectivity index (χ3v) is 5.42. The summed E-state index contributed by atoms with van der Waals surface area (Å²) >= 11 is 0. The minimum atomic E-state index is -0.773. The van der Waals surface area contributed by atoms with Gasteiger partial charge in [-0.25, -0.2) is 0 Å². The molecule has 0 aliphatic carbocycles. The minimum absolute atomic E-state index is 0.152. The topological polar surface area (TPSA) is 90.5 Å². The summed E-state index contributed by atoms with van der Waals surface area (Å²) in [7, 11) is 0. The molecule has 3 rings (SSSR count). The Bertz CT molecular complexity index is 940. The van der Waals surface area contributed by atoms with Crippen LogP contribution in [-0.4, -0.2) is 36.9 Å². The number of aryl methyl sites for hydroxylation is 2. The molecule has 1 heterocycles. The van der Waals surface area contributed by atoms with E-state index in [-0.39, 0.29) is 24.3 Å². The molecule has 2 aromatic carbocycles. The first kappa shape index (κ1) is 22.3. The number of para-hydroxylation sites is 1. The molecule has 0 bridgehead atoms. The molecule has 7 nitrogen and oxygen atoms in total. The first-order valence-corrected chi connectivity index (χ1v) is 10.6. The van der Waals surface area contributed by atoms with E-state index in [2.05, 4.69) is 22.2 Å². The Morgan fingerprint density at radius 1 is 1.00 bits per heavy atom. The molecule has 31 heavy (non-hydrogen) atoms. The monoisotopic (exact) mass is 422 g/mol. The van der Waals surface area contributed by atoms with Gasteiger partial charge in [0.2, 0.25) is 0 Å². The average molecular weight is 423 g/mol. The van der Waals surface area contributed by atoms with Crippen molar-refractivity contribution in [2.45, 2.75) is 39.7 Å². The lowest BCUT2D eigenvalue weighted by atomic mass is 10.0. The molecular formula is C24H30N4O3. The number of carbonyl (C=O) groups excluding carboxylic acids is 3. The van der Waals surface area contributed by atoms with E-state index >= 15 is 0 Å². The highest BCUT2D eigenvalue weighted by Crippen LogP contribution is 2.26. The van der Waals surface area contributed by atoms with Crippen LogP contribution >= 0.6 is 0 Å². The molecule has 7 heteroatoms. The molecule has 164 valence electrons. The highest BCUT2D eigenvalue weighted by atomic mass is 16.2. The fraction of sp³-hybridized carbons (Fsp3) is 0.375. The van der Waals surface area contributed by atoms with Crippen molar-refractivity contribution in [3.63, 3.8) is 0 Å². The van der Waals surface area contributed by atoms with Gasteiger partial charge in [0.1, 0.15) is 6.04 Å². The van der Waals surface area contributed by atoms with Crippen LogP contribution in [0, 0.1) is 12.8 Å². The van der Waals surface area contributed by atoms with E-state index in [0.29, 0.717) is 5.56 Å². The number of hydrogen-bond donors (Lipinski definition) is 3. The molecule has 3 amide bonds. The lowest BCUT2D eigenvalue weighted by Gasteiger charge is -2.30. The van der Waals surface area contributed by atoms with E-state index in [1.165, 1.54) is 5.56 Å². The number of carbonyl (C=O) groups is 3. The first-order valence-electron chi connectivity index (χ1n) is 10.6. The normalized spacial score (nSPS) is 13.9. The van der Waals surface area contributed by atoms with Gasteiger partial charge < -0.3 is 10.2 Å². The third kappa shape index (κ3) is 5.84. The van der Waals surface area contributed by atoms with Gasteiger partial charge in [0.15, 0.2) is 0 Å². The van der Waals surface area contributed by atoms with Crippen LogP contribution in [0.25, 0.3) is 0 Å². The lowest BCUT2D eigenvalue weighted by Crippen LogP contribution is -2.55. The maximum atomic E-state index is 12.6. The molecule has 0 spiro atoms. The molecule has 0 saturated carbocycles. The standard InChI is InChI=1S/C24H30N4O3/c1-16(2)22(25-23(30)19-12-10-17(3)11-13-19)24(31)27-26-21(29)15-28-14-6-8-18-7-4-5-9-20(18)28/h4-5,7,9-13,16,22H,6,8,14-15H2,1-3H3,(H,25,30)(H,26,29)(H,27,31). The predicted molar refractivity (Wildman–Crippen MR) is 121 cm³/mol. The van der Waals surface area contributed by atoms with Crippen molar-refractivity contribution in [1.82, 2.24) is 16.2 Å². The van der Waals surface area contributed by atoms with Gasteiger partial charge in [0.05, 0.1) is 6.54 Å². The second kappa shape index (κ2) is 10.1. The maximum absolute atomic E-state index is 12.6. The van der Waals surface area contributed by atoms with Crippen molar-refractivity contribution >= 4 is 23.4 Å². The van der Waals surface area contributed by atoms with Gasteiger partial charge >= 0.3 is 0 Å². The second-order valence-corrected chi connectivity index (χ2v) is 8.25. The molecule has 1 aliphatic heterocycles. The molecule has 1 aliphatic rings. The molecule has 1 atom stereocenters.